The first-order valence-corrected chi connectivity index (χ1v) is 11.5. The number of H-pyrrole nitrogens is 1. The Hall–Kier alpha value is -3.01. The van der Waals surface area contributed by atoms with E-state index in [0.717, 1.165) is 55.4 Å². The second-order valence-electron chi connectivity index (χ2n) is 8.51. The van der Waals surface area contributed by atoms with Gasteiger partial charge < -0.3 is 24.1 Å². The number of anilines is 1. The van der Waals surface area contributed by atoms with Gasteiger partial charge in [-0.3, -0.25) is 0 Å². The number of fused-ring (bicyclic) bond motifs is 1. The number of piperidine rings is 1. The van der Waals surface area contributed by atoms with Gasteiger partial charge in [0.1, 0.15) is 11.8 Å². The van der Waals surface area contributed by atoms with Gasteiger partial charge in [-0.15, -0.1) is 0 Å². The quantitative estimate of drug-likeness (QED) is 0.536. The summed E-state index contributed by atoms with van der Waals surface area (Å²) < 4.78 is 16.8. The summed E-state index contributed by atoms with van der Waals surface area (Å²) in [6.07, 6.45) is 5.79. The lowest BCUT2D eigenvalue weighted by atomic mass is 9.89. The van der Waals surface area contributed by atoms with Crippen molar-refractivity contribution < 1.29 is 14.2 Å². The van der Waals surface area contributed by atoms with Crippen LogP contribution in [0.15, 0.2) is 48.7 Å². The Balaban J connectivity index is 1.13. The lowest BCUT2D eigenvalue weighted by Crippen LogP contribution is -2.33. The van der Waals surface area contributed by atoms with Crippen LogP contribution in [0.3, 0.4) is 0 Å². The fraction of sp³-hybridized carbons (Fsp3) is 0.423. The molecule has 0 radical (unpaired) electrons. The zero-order chi connectivity index (χ0) is 21.8. The highest BCUT2D eigenvalue weighted by atomic mass is 16.7. The summed E-state index contributed by atoms with van der Waals surface area (Å²) in [7, 11) is 0. The van der Waals surface area contributed by atoms with Gasteiger partial charge in [-0.2, -0.15) is 5.26 Å². The van der Waals surface area contributed by atoms with Crippen LogP contribution in [0.5, 0.6) is 5.75 Å². The molecular formula is C26H29N3O3. The van der Waals surface area contributed by atoms with Gasteiger partial charge in [0.25, 0.3) is 0 Å². The number of nitriles is 1. The SMILES string of the molecule is N#Cc1c[nH]c2c(N3CCC(c4ccc(OCCCC5OCCO5)cc4)CC3)cccc12. The fourth-order valence-corrected chi connectivity index (χ4v) is 4.80. The minimum atomic E-state index is -0.0516. The molecule has 2 fully saturated rings. The van der Waals surface area contributed by atoms with Crippen molar-refractivity contribution in [3.05, 3.63) is 59.8 Å². The van der Waals surface area contributed by atoms with Crippen molar-refractivity contribution >= 4 is 16.6 Å². The van der Waals surface area contributed by atoms with Crippen molar-refractivity contribution in [1.29, 1.82) is 5.26 Å². The Morgan fingerprint density at radius 2 is 1.84 bits per heavy atom. The molecule has 2 aliphatic heterocycles. The Kier molecular flexibility index (Phi) is 6.29. The number of rotatable bonds is 7. The van der Waals surface area contributed by atoms with E-state index in [1.807, 2.05) is 12.1 Å². The molecule has 1 N–H and O–H groups in total. The Morgan fingerprint density at radius 1 is 1.06 bits per heavy atom. The van der Waals surface area contributed by atoms with Gasteiger partial charge in [-0.25, -0.2) is 0 Å². The highest BCUT2D eigenvalue weighted by Gasteiger charge is 2.22. The number of aromatic amines is 1. The summed E-state index contributed by atoms with van der Waals surface area (Å²) in [5.74, 6) is 1.49. The van der Waals surface area contributed by atoms with E-state index < -0.39 is 0 Å². The molecule has 32 heavy (non-hydrogen) atoms. The second-order valence-corrected chi connectivity index (χ2v) is 8.51. The third kappa shape index (κ3) is 4.45. The third-order valence-electron chi connectivity index (χ3n) is 6.54. The van der Waals surface area contributed by atoms with Crippen molar-refractivity contribution in [2.24, 2.45) is 0 Å². The number of aromatic nitrogens is 1. The molecule has 5 rings (SSSR count). The standard InChI is InChI=1S/C26H29N3O3/c27-17-21-18-28-26-23(21)3-1-4-24(26)29-12-10-20(11-13-29)19-6-8-22(9-7-19)30-14-2-5-25-31-15-16-32-25/h1,3-4,6-9,18,20,25,28H,2,5,10-16H2. The summed E-state index contributed by atoms with van der Waals surface area (Å²) >= 11 is 0. The van der Waals surface area contributed by atoms with Crippen LogP contribution in [0.2, 0.25) is 0 Å². The number of hydrogen-bond donors (Lipinski definition) is 1. The minimum Gasteiger partial charge on any atom is -0.494 e. The van der Waals surface area contributed by atoms with Gasteiger partial charge >= 0.3 is 0 Å². The first-order chi connectivity index (χ1) is 15.8. The molecule has 166 valence electrons. The van der Waals surface area contributed by atoms with Crippen LogP contribution in [-0.2, 0) is 9.47 Å². The zero-order valence-electron chi connectivity index (χ0n) is 18.3. The van der Waals surface area contributed by atoms with Gasteiger partial charge in [0.15, 0.2) is 6.29 Å². The number of nitrogens with one attached hydrogen (secondary N) is 1. The highest BCUT2D eigenvalue weighted by molar-refractivity contribution is 5.95. The zero-order valence-corrected chi connectivity index (χ0v) is 18.3. The predicted molar refractivity (Wildman–Crippen MR) is 124 cm³/mol. The molecule has 0 saturated carbocycles. The van der Waals surface area contributed by atoms with Crippen molar-refractivity contribution in [1.82, 2.24) is 4.98 Å². The monoisotopic (exact) mass is 431 g/mol. The number of para-hydroxylation sites is 1. The van der Waals surface area contributed by atoms with Crippen LogP contribution in [0.25, 0.3) is 10.9 Å². The molecule has 6 nitrogen and oxygen atoms in total. The summed E-state index contributed by atoms with van der Waals surface area (Å²) in [6, 6.07) is 17.1. The molecule has 3 heterocycles. The topological polar surface area (TPSA) is 70.5 Å². The van der Waals surface area contributed by atoms with E-state index in [4.69, 9.17) is 14.2 Å². The van der Waals surface area contributed by atoms with Crippen LogP contribution in [0, 0.1) is 11.3 Å². The van der Waals surface area contributed by atoms with Crippen molar-refractivity contribution in [2.75, 3.05) is 37.8 Å². The Bertz CT molecular complexity index is 1070. The largest absolute Gasteiger partial charge is 0.494 e. The molecule has 0 unspecified atom stereocenters. The molecule has 3 aromatic rings. The van der Waals surface area contributed by atoms with Gasteiger partial charge in [0.05, 0.1) is 36.6 Å². The van der Waals surface area contributed by atoms with E-state index in [2.05, 4.69) is 46.3 Å². The van der Waals surface area contributed by atoms with E-state index in [-0.39, 0.29) is 6.29 Å². The van der Waals surface area contributed by atoms with E-state index in [1.165, 1.54) is 11.3 Å². The maximum Gasteiger partial charge on any atom is 0.157 e. The molecule has 6 heteroatoms. The molecular weight excluding hydrogens is 402 g/mol. The molecule has 0 amide bonds. The first kappa shape index (κ1) is 20.9. The van der Waals surface area contributed by atoms with E-state index in [9.17, 15) is 5.26 Å². The van der Waals surface area contributed by atoms with Gasteiger partial charge in [0.2, 0.25) is 0 Å². The van der Waals surface area contributed by atoms with Crippen LogP contribution in [-0.4, -0.2) is 44.2 Å². The second kappa shape index (κ2) is 9.64. The maximum atomic E-state index is 9.31. The highest BCUT2D eigenvalue weighted by Crippen LogP contribution is 2.34. The number of ether oxygens (including phenoxy) is 3. The first-order valence-electron chi connectivity index (χ1n) is 11.5. The number of hydrogen-bond acceptors (Lipinski definition) is 5. The molecule has 2 aromatic carbocycles. The van der Waals surface area contributed by atoms with E-state index in [0.29, 0.717) is 31.3 Å². The summed E-state index contributed by atoms with van der Waals surface area (Å²) in [5.41, 5.74) is 4.35. The minimum absolute atomic E-state index is 0.0516. The van der Waals surface area contributed by atoms with Crippen LogP contribution >= 0.6 is 0 Å². The molecule has 0 aliphatic carbocycles. The third-order valence-corrected chi connectivity index (χ3v) is 6.54. The van der Waals surface area contributed by atoms with Gasteiger partial charge in [-0.1, -0.05) is 24.3 Å². The van der Waals surface area contributed by atoms with Gasteiger partial charge in [0, 0.05) is 31.1 Å². The maximum absolute atomic E-state index is 9.31. The van der Waals surface area contributed by atoms with Crippen LogP contribution < -0.4 is 9.64 Å². The molecule has 1 aromatic heterocycles. The smallest absolute Gasteiger partial charge is 0.157 e. The van der Waals surface area contributed by atoms with Gasteiger partial charge in [-0.05, 0) is 48.9 Å². The molecule has 0 atom stereocenters. The predicted octanol–water partition coefficient (Wildman–Crippen LogP) is 4.96. The van der Waals surface area contributed by atoms with Crippen LogP contribution in [0.1, 0.15) is 42.7 Å². The van der Waals surface area contributed by atoms with E-state index in [1.54, 1.807) is 6.20 Å². The normalized spacial score (nSPS) is 17.7. The summed E-state index contributed by atoms with van der Waals surface area (Å²) in [6.45, 7) is 4.10. The van der Waals surface area contributed by atoms with Crippen molar-refractivity contribution in [2.45, 2.75) is 37.9 Å². The molecule has 0 spiro atoms. The number of nitrogens with zero attached hydrogens (tertiary/aromatic N) is 2. The van der Waals surface area contributed by atoms with Crippen LogP contribution in [0.4, 0.5) is 5.69 Å². The molecule has 2 aliphatic rings. The van der Waals surface area contributed by atoms with Crippen molar-refractivity contribution in [3.63, 3.8) is 0 Å². The average Bonchev–Trinajstić information content (AvgIpc) is 3.52. The molecule has 0 bridgehead atoms. The lowest BCUT2D eigenvalue weighted by molar-refractivity contribution is -0.0492. The lowest BCUT2D eigenvalue weighted by Gasteiger charge is -2.34. The number of benzene rings is 2. The molecule has 2 saturated heterocycles. The Morgan fingerprint density at radius 3 is 2.59 bits per heavy atom. The summed E-state index contributed by atoms with van der Waals surface area (Å²) in [4.78, 5) is 5.74. The summed E-state index contributed by atoms with van der Waals surface area (Å²) in [5, 5.41) is 10.3. The van der Waals surface area contributed by atoms with Crippen molar-refractivity contribution in [3.8, 4) is 11.8 Å². The van der Waals surface area contributed by atoms with E-state index >= 15 is 0 Å². The Labute approximate surface area is 188 Å². The average molecular weight is 432 g/mol. The fourth-order valence-electron chi connectivity index (χ4n) is 4.80.